The minimum atomic E-state index is -0.222. The quantitative estimate of drug-likeness (QED) is 0.888. The van der Waals surface area contributed by atoms with Crippen LogP contribution in [0.15, 0.2) is 34.1 Å². The second kappa shape index (κ2) is 7.84. The number of likely N-dealkylation sites (tertiary alicyclic amines) is 1. The van der Waals surface area contributed by atoms with E-state index in [2.05, 4.69) is 5.32 Å². The third-order valence-corrected chi connectivity index (χ3v) is 4.99. The van der Waals surface area contributed by atoms with Crippen LogP contribution in [0.5, 0.6) is 0 Å². The molecule has 1 aliphatic rings. The number of piperidine rings is 1. The predicted octanol–water partition coefficient (Wildman–Crippen LogP) is 2.44. The number of nitrogens with one attached hydrogen (secondary N) is 1. The summed E-state index contributed by atoms with van der Waals surface area (Å²) in [6.07, 6.45) is 1.75. The highest BCUT2D eigenvalue weighted by atomic mass is 32.1. The molecule has 2 amide bonds. The molecule has 3 rings (SSSR count). The zero-order chi connectivity index (χ0) is 17.8. The lowest BCUT2D eigenvalue weighted by Crippen LogP contribution is -2.49. The Kier molecular flexibility index (Phi) is 5.55. The third-order valence-electron chi connectivity index (χ3n) is 4.13. The number of carbonyl (C=O) groups is 2. The van der Waals surface area contributed by atoms with Crippen molar-refractivity contribution in [3.63, 3.8) is 0 Å². The van der Waals surface area contributed by atoms with E-state index in [0.717, 1.165) is 30.0 Å². The van der Waals surface area contributed by atoms with E-state index in [1.54, 1.807) is 6.07 Å². The summed E-state index contributed by atoms with van der Waals surface area (Å²) in [5.41, 5.74) is 0. The fourth-order valence-corrected chi connectivity index (χ4v) is 3.68. The molecule has 1 fully saturated rings. The Hall–Kier alpha value is -2.12. The molecule has 25 heavy (non-hydrogen) atoms. The molecule has 0 aliphatic carbocycles. The van der Waals surface area contributed by atoms with Crippen LogP contribution in [0.2, 0.25) is 0 Å². The van der Waals surface area contributed by atoms with E-state index in [1.807, 2.05) is 47.5 Å². The van der Waals surface area contributed by atoms with Crippen LogP contribution in [0.1, 0.15) is 38.8 Å². The van der Waals surface area contributed by atoms with E-state index in [4.69, 9.17) is 4.42 Å². The van der Waals surface area contributed by atoms with Crippen LogP contribution >= 0.6 is 11.3 Å². The van der Waals surface area contributed by atoms with Crippen molar-refractivity contribution in [2.45, 2.75) is 25.4 Å². The summed E-state index contributed by atoms with van der Waals surface area (Å²) < 4.78 is 5.60. The standard InChI is InChI=1S/C18H23N3O3S/c1-20(2)12-14-7-8-15(24-14)17(22)19-13-5-3-9-21(11-13)18(23)16-6-4-10-25-16/h4,6-8,10,13H,3,5,9,11-12H2,1-2H3,(H,19,22)/t13-/m0/s1. The second-order valence-electron chi connectivity index (χ2n) is 6.54. The molecule has 0 aromatic carbocycles. The molecule has 1 saturated heterocycles. The Balaban J connectivity index is 1.57. The Labute approximate surface area is 151 Å². The Morgan fingerprint density at radius 1 is 1.36 bits per heavy atom. The number of hydrogen-bond acceptors (Lipinski definition) is 5. The largest absolute Gasteiger partial charge is 0.455 e. The highest BCUT2D eigenvalue weighted by molar-refractivity contribution is 7.12. The van der Waals surface area contributed by atoms with Gasteiger partial charge in [0, 0.05) is 19.1 Å². The van der Waals surface area contributed by atoms with Crippen LogP contribution in [0, 0.1) is 0 Å². The summed E-state index contributed by atoms with van der Waals surface area (Å²) in [5.74, 6) is 0.896. The minimum absolute atomic E-state index is 0.0419. The molecule has 1 aliphatic heterocycles. The van der Waals surface area contributed by atoms with Crippen LogP contribution in [0.3, 0.4) is 0 Å². The van der Waals surface area contributed by atoms with Crippen molar-refractivity contribution in [3.8, 4) is 0 Å². The maximum Gasteiger partial charge on any atom is 0.287 e. The molecule has 0 spiro atoms. The first-order chi connectivity index (χ1) is 12.0. The number of hydrogen-bond donors (Lipinski definition) is 1. The maximum atomic E-state index is 12.5. The topological polar surface area (TPSA) is 65.8 Å². The first-order valence-electron chi connectivity index (χ1n) is 8.40. The highest BCUT2D eigenvalue weighted by Gasteiger charge is 2.26. The number of thiophene rings is 1. The molecular formula is C18H23N3O3S. The molecule has 2 aromatic heterocycles. The number of nitrogens with zero attached hydrogens (tertiary/aromatic N) is 2. The molecule has 0 radical (unpaired) electrons. The molecule has 0 saturated carbocycles. The zero-order valence-electron chi connectivity index (χ0n) is 14.5. The van der Waals surface area contributed by atoms with E-state index < -0.39 is 0 Å². The number of furan rings is 1. The lowest BCUT2D eigenvalue weighted by molar-refractivity contribution is 0.0676. The Morgan fingerprint density at radius 3 is 2.92 bits per heavy atom. The lowest BCUT2D eigenvalue weighted by Gasteiger charge is -2.32. The third kappa shape index (κ3) is 4.49. The summed E-state index contributed by atoms with van der Waals surface area (Å²) in [5, 5.41) is 4.90. The van der Waals surface area contributed by atoms with Crippen molar-refractivity contribution in [1.29, 1.82) is 0 Å². The van der Waals surface area contributed by atoms with Gasteiger partial charge in [0.15, 0.2) is 5.76 Å². The van der Waals surface area contributed by atoms with Gasteiger partial charge in [0.05, 0.1) is 11.4 Å². The molecular weight excluding hydrogens is 338 g/mol. The van der Waals surface area contributed by atoms with Gasteiger partial charge in [-0.1, -0.05) is 6.07 Å². The van der Waals surface area contributed by atoms with Gasteiger partial charge in [0.2, 0.25) is 0 Å². The molecule has 3 heterocycles. The fourth-order valence-electron chi connectivity index (χ4n) is 2.99. The second-order valence-corrected chi connectivity index (χ2v) is 7.49. The first-order valence-corrected chi connectivity index (χ1v) is 9.28. The maximum absolute atomic E-state index is 12.5. The van der Waals surface area contributed by atoms with Crippen LogP contribution in [0.4, 0.5) is 0 Å². The summed E-state index contributed by atoms with van der Waals surface area (Å²) in [6, 6.07) is 7.19. The normalized spacial score (nSPS) is 17.7. The summed E-state index contributed by atoms with van der Waals surface area (Å²) in [4.78, 5) is 29.4. The van der Waals surface area contributed by atoms with Crippen molar-refractivity contribution < 1.29 is 14.0 Å². The van der Waals surface area contributed by atoms with Crippen molar-refractivity contribution in [1.82, 2.24) is 15.1 Å². The molecule has 6 nitrogen and oxygen atoms in total. The average molecular weight is 361 g/mol. The summed E-state index contributed by atoms with van der Waals surface area (Å²) in [7, 11) is 3.90. The number of carbonyl (C=O) groups excluding carboxylic acids is 2. The van der Waals surface area contributed by atoms with Gasteiger partial charge in [-0.25, -0.2) is 0 Å². The Bertz CT molecular complexity index is 724. The predicted molar refractivity (Wildman–Crippen MR) is 96.8 cm³/mol. The summed E-state index contributed by atoms with van der Waals surface area (Å²) in [6.45, 7) is 1.92. The van der Waals surface area contributed by atoms with Crippen LogP contribution in [0.25, 0.3) is 0 Å². The number of rotatable bonds is 5. The minimum Gasteiger partial charge on any atom is -0.455 e. The van der Waals surface area contributed by atoms with Crippen LogP contribution in [-0.4, -0.2) is 54.8 Å². The van der Waals surface area contributed by atoms with Gasteiger partial charge in [0.25, 0.3) is 11.8 Å². The van der Waals surface area contributed by atoms with E-state index >= 15 is 0 Å². The molecule has 134 valence electrons. The lowest BCUT2D eigenvalue weighted by atomic mass is 10.1. The van der Waals surface area contributed by atoms with Gasteiger partial charge in [-0.05, 0) is 50.5 Å². The summed E-state index contributed by atoms with van der Waals surface area (Å²) >= 11 is 1.45. The molecule has 1 N–H and O–H groups in total. The van der Waals surface area contributed by atoms with E-state index in [9.17, 15) is 9.59 Å². The molecule has 0 bridgehead atoms. The van der Waals surface area contributed by atoms with Gasteiger partial charge < -0.3 is 19.5 Å². The van der Waals surface area contributed by atoms with Gasteiger partial charge in [0.1, 0.15) is 5.76 Å². The SMILES string of the molecule is CN(C)Cc1ccc(C(=O)N[C@H]2CCCN(C(=O)c3cccs3)C2)o1. The van der Waals surface area contributed by atoms with E-state index in [-0.39, 0.29) is 17.9 Å². The molecule has 1 atom stereocenters. The van der Waals surface area contributed by atoms with Gasteiger partial charge in [-0.15, -0.1) is 11.3 Å². The van der Waals surface area contributed by atoms with E-state index in [1.165, 1.54) is 11.3 Å². The highest BCUT2D eigenvalue weighted by Crippen LogP contribution is 2.18. The fraction of sp³-hybridized carbons (Fsp3) is 0.444. The average Bonchev–Trinajstić information content (AvgIpc) is 3.25. The van der Waals surface area contributed by atoms with Crippen molar-refractivity contribution >= 4 is 23.2 Å². The van der Waals surface area contributed by atoms with Crippen LogP contribution in [-0.2, 0) is 6.54 Å². The van der Waals surface area contributed by atoms with Crippen molar-refractivity contribution in [3.05, 3.63) is 46.0 Å². The first kappa shape index (κ1) is 17.7. The monoisotopic (exact) mass is 361 g/mol. The molecule has 2 aromatic rings. The molecule has 7 heteroatoms. The smallest absolute Gasteiger partial charge is 0.287 e. The van der Waals surface area contributed by atoms with Crippen molar-refractivity contribution in [2.24, 2.45) is 0 Å². The van der Waals surface area contributed by atoms with E-state index in [0.29, 0.717) is 18.8 Å². The zero-order valence-corrected chi connectivity index (χ0v) is 15.3. The number of amides is 2. The van der Waals surface area contributed by atoms with Gasteiger partial charge >= 0.3 is 0 Å². The van der Waals surface area contributed by atoms with Crippen LogP contribution < -0.4 is 5.32 Å². The Morgan fingerprint density at radius 2 is 2.20 bits per heavy atom. The molecule has 0 unspecified atom stereocenters. The van der Waals surface area contributed by atoms with Gasteiger partial charge in [-0.2, -0.15) is 0 Å². The van der Waals surface area contributed by atoms with Gasteiger partial charge in [-0.3, -0.25) is 9.59 Å². The van der Waals surface area contributed by atoms with Crippen molar-refractivity contribution in [2.75, 3.05) is 27.2 Å².